The van der Waals surface area contributed by atoms with E-state index in [2.05, 4.69) is 57.2 Å². The lowest BCUT2D eigenvalue weighted by atomic mass is 9.97. The molecule has 0 amide bonds. The molecule has 0 aliphatic carbocycles. The summed E-state index contributed by atoms with van der Waals surface area (Å²) < 4.78 is 15.4. The molecule has 0 saturated carbocycles. The van der Waals surface area contributed by atoms with E-state index in [0.29, 0.717) is 0 Å². The van der Waals surface area contributed by atoms with Gasteiger partial charge in [-0.2, -0.15) is 5.26 Å². The fraction of sp³-hybridized carbons (Fsp3) is 0.458. The highest BCUT2D eigenvalue weighted by molar-refractivity contribution is 5.77. The number of hydrogen-bond donors (Lipinski definition) is 0. The predicted molar refractivity (Wildman–Crippen MR) is 119 cm³/mol. The number of rotatable bonds is 5. The van der Waals surface area contributed by atoms with E-state index in [1.165, 1.54) is 17.8 Å². The van der Waals surface area contributed by atoms with Crippen molar-refractivity contribution in [2.75, 3.05) is 26.2 Å². The van der Waals surface area contributed by atoms with Gasteiger partial charge in [-0.25, -0.2) is 14.4 Å². The Morgan fingerprint density at radius 3 is 2.29 bits per heavy atom. The van der Waals surface area contributed by atoms with Gasteiger partial charge in [-0.1, -0.05) is 32.9 Å². The first-order valence-corrected chi connectivity index (χ1v) is 10.8. The molecule has 0 radical (unpaired) electrons. The van der Waals surface area contributed by atoms with E-state index in [-0.39, 0.29) is 17.1 Å². The van der Waals surface area contributed by atoms with Crippen LogP contribution in [0, 0.1) is 22.6 Å². The summed E-state index contributed by atoms with van der Waals surface area (Å²) in [7, 11) is 0. The van der Waals surface area contributed by atoms with Crippen LogP contribution in [0.2, 0.25) is 0 Å². The normalized spacial score (nSPS) is 16.0. The lowest BCUT2D eigenvalue weighted by Gasteiger charge is -2.35. The smallest absolute Gasteiger partial charge is 0.234 e. The Labute approximate surface area is 182 Å². The number of nitriles is 1. The van der Waals surface area contributed by atoms with Crippen LogP contribution in [0.5, 0.6) is 0 Å². The summed E-state index contributed by atoms with van der Waals surface area (Å²) in [6.45, 7) is 13.1. The summed E-state index contributed by atoms with van der Waals surface area (Å²) >= 11 is 0. The third-order valence-electron chi connectivity index (χ3n) is 5.62. The number of fused-ring (bicyclic) bond motifs is 1. The zero-order valence-corrected chi connectivity index (χ0v) is 18.5. The van der Waals surface area contributed by atoms with Gasteiger partial charge >= 0.3 is 0 Å². The molecule has 1 aromatic carbocycles. The van der Waals surface area contributed by atoms with Crippen LogP contribution >= 0.6 is 0 Å². The fourth-order valence-electron chi connectivity index (χ4n) is 4.11. The van der Waals surface area contributed by atoms with E-state index in [9.17, 15) is 9.65 Å². The molecule has 0 atom stereocenters. The van der Waals surface area contributed by atoms with Crippen molar-refractivity contribution in [2.45, 2.75) is 40.4 Å². The zero-order valence-electron chi connectivity index (χ0n) is 18.5. The second-order valence-corrected chi connectivity index (χ2v) is 9.55. The number of benzene rings is 1. The molecular formula is C24H29FN6. The second-order valence-electron chi connectivity index (χ2n) is 9.55. The molecule has 0 N–H and O–H groups in total. The van der Waals surface area contributed by atoms with E-state index < -0.39 is 0 Å². The molecular weight excluding hydrogens is 391 g/mol. The molecule has 1 aliphatic rings. The molecule has 1 saturated heterocycles. The fourth-order valence-corrected chi connectivity index (χ4v) is 4.11. The van der Waals surface area contributed by atoms with Crippen molar-refractivity contribution in [1.82, 2.24) is 24.3 Å². The lowest BCUT2D eigenvalue weighted by Crippen LogP contribution is -2.45. The van der Waals surface area contributed by atoms with Crippen molar-refractivity contribution >= 4 is 11.0 Å². The van der Waals surface area contributed by atoms with Gasteiger partial charge in [0.15, 0.2) is 0 Å². The van der Waals surface area contributed by atoms with Gasteiger partial charge in [0.1, 0.15) is 17.5 Å². The summed E-state index contributed by atoms with van der Waals surface area (Å²) in [6, 6.07) is 11.0. The number of halogens is 1. The summed E-state index contributed by atoms with van der Waals surface area (Å²) in [6.07, 6.45) is 1.75. The van der Waals surface area contributed by atoms with Gasteiger partial charge in [0, 0.05) is 63.1 Å². The molecule has 6 nitrogen and oxygen atoms in total. The highest BCUT2D eigenvalue weighted by Crippen LogP contribution is 2.25. The first-order chi connectivity index (χ1) is 14.8. The maximum Gasteiger partial charge on any atom is 0.234 e. The van der Waals surface area contributed by atoms with Crippen molar-refractivity contribution in [1.29, 1.82) is 5.26 Å². The van der Waals surface area contributed by atoms with Crippen LogP contribution in [0.1, 0.15) is 37.9 Å². The maximum atomic E-state index is 13.1. The Hall–Kier alpha value is -2.82. The molecule has 1 fully saturated rings. The first-order valence-electron chi connectivity index (χ1n) is 10.8. The third kappa shape index (κ3) is 5.27. The molecule has 3 aromatic rings. The average Bonchev–Trinajstić information content (AvgIpc) is 3.06. The Kier molecular flexibility index (Phi) is 6.03. The largest absolute Gasteiger partial charge is 0.328 e. The van der Waals surface area contributed by atoms with Crippen LogP contribution in [-0.2, 0) is 19.6 Å². The third-order valence-corrected chi connectivity index (χ3v) is 5.62. The van der Waals surface area contributed by atoms with E-state index in [0.717, 1.165) is 62.4 Å². The van der Waals surface area contributed by atoms with Crippen molar-refractivity contribution in [3.63, 3.8) is 0 Å². The van der Waals surface area contributed by atoms with E-state index in [4.69, 9.17) is 0 Å². The topological polar surface area (TPSA) is 61.0 Å². The van der Waals surface area contributed by atoms with Gasteiger partial charge in [-0.15, -0.1) is 0 Å². The summed E-state index contributed by atoms with van der Waals surface area (Å²) in [5.41, 5.74) is 3.28. The van der Waals surface area contributed by atoms with Gasteiger partial charge in [0.2, 0.25) is 5.82 Å². The molecule has 0 spiro atoms. The first kappa shape index (κ1) is 21.4. The Balaban J connectivity index is 1.46. The highest BCUT2D eigenvalue weighted by atomic mass is 19.1. The second kappa shape index (κ2) is 8.74. The monoisotopic (exact) mass is 420 g/mol. The van der Waals surface area contributed by atoms with E-state index >= 15 is 0 Å². The number of hydrogen-bond acceptors (Lipinski definition) is 5. The van der Waals surface area contributed by atoms with Crippen LogP contribution in [0.25, 0.3) is 11.0 Å². The standard InChI is InChI=1S/C24H29FN6/c1-24(2,3)17-31-21(12-19-14-27-22(13-26)28-23(19)31)16-30-10-8-29(9-11-30)15-18-4-6-20(25)7-5-18/h4-7,12,14H,8-11,15-17H2,1-3H3. The summed E-state index contributed by atoms with van der Waals surface area (Å²) in [5.74, 6) is 0.0208. The highest BCUT2D eigenvalue weighted by Gasteiger charge is 2.22. The summed E-state index contributed by atoms with van der Waals surface area (Å²) in [5, 5.41) is 10.2. The maximum absolute atomic E-state index is 13.1. The minimum Gasteiger partial charge on any atom is -0.328 e. The molecule has 0 unspecified atom stereocenters. The van der Waals surface area contributed by atoms with Gasteiger partial charge in [0.25, 0.3) is 0 Å². The molecule has 4 rings (SSSR count). The van der Waals surface area contributed by atoms with Crippen LogP contribution < -0.4 is 0 Å². The molecule has 3 heterocycles. The van der Waals surface area contributed by atoms with Gasteiger partial charge in [-0.05, 0) is 29.2 Å². The molecule has 31 heavy (non-hydrogen) atoms. The minimum atomic E-state index is -0.189. The molecule has 162 valence electrons. The Morgan fingerprint density at radius 1 is 1.03 bits per heavy atom. The van der Waals surface area contributed by atoms with Crippen LogP contribution in [0.4, 0.5) is 4.39 Å². The molecule has 0 bridgehead atoms. The average molecular weight is 421 g/mol. The quantitative estimate of drug-likeness (QED) is 0.628. The van der Waals surface area contributed by atoms with Crippen LogP contribution in [0.15, 0.2) is 36.5 Å². The minimum absolute atomic E-state index is 0.0896. The Morgan fingerprint density at radius 2 is 1.68 bits per heavy atom. The van der Waals surface area contributed by atoms with Crippen molar-refractivity contribution in [3.8, 4) is 6.07 Å². The van der Waals surface area contributed by atoms with Gasteiger partial charge in [0.05, 0.1) is 0 Å². The van der Waals surface area contributed by atoms with E-state index in [1.807, 2.05) is 12.1 Å². The number of nitrogens with zero attached hydrogens (tertiary/aromatic N) is 6. The number of aromatic nitrogens is 3. The van der Waals surface area contributed by atoms with Crippen molar-refractivity contribution < 1.29 is 4.39 Å². The van der Waals surface area contributed by atoms with Crippen molar-refractivity contribution in [3.05, 3.63) is 59.4 Å². The Bertz CT molecular complexity index is 1080. The van der Waals surface area contributed by atoms with Crippen LogP contribution in [-0.4, -0.2) is 50.5 Å². The molecule has 7 heteroatoms. The number of piperazine rings is 1. The molecule has 1 aliphatic heterocycles. The SMILES string of the molecule is CC(C)(C)Cn1c(CN2CCN(Cc3ccc(F)cc3)CC2)cc2cnc(C#N)nc21. The summed E-state index contributed by atoms with van der Waals surface area (Å²) in [4.78, 5) is 13.5. The van der Waals surface area contributed by atoms with Crippen LogP contribution in [0.3, 0.4) is 0 Å². The molecule has 2 aromatic heterocycles. The van der Waals surface area contributed by atoms with E-state index in [1.54, 1.807) is 6.20 Å². The van der Waals surface area contributed by atoms with Crippen molar-refractivity contribution in [2.24, 2.45) is 5.41 Å². The predicted octanol–water partition coefficient (Wildman–Crippen LogP) is 3.81. The zero-order chi connectivity index (χ0) is 22.0. The van der Waals surface area contributed by atoms with Gasteiger partial charge < -0.3 is 4.57 Å². The lowest BCUT2D eigenvalue weighted by molar-refractivity contribution is 0.119. The van der Waals surface area contributed by atoms with Gasteiger partial charge in [-0.3, -0.25) is 9.80 Å².